The summed E-state index contributed by atoms with van der Waals surface area (Å²) in [4.78, 5) is 20.1. The summed E-state index contributed by atoms with van der Waals surface area (Å²) in [6.45, 7) is 2.64. The molecular formula is C13H16N4OS2. The number of anilines is 1. The van der Waals surface area contributed by atoms with Gasteiger partial charge in [-0.15, -0.1) is 23.1 Å². The number of amides is 2. The average molecular weight is 308 g/mol. The SMILES string of the molecule is CCSc1ccc(NC(=O)NCCc2cscn2)cn1. The number of carbonyl (C=O) groups is 1. The molecule has 0 fully saturated rings. The van der Waals surface area contributed by atoms with Crippen LogP contribution in [0.15, 0.2) is 34.2 Å². The minimum absolute atomic E-state index is 0.224. The zero-order valence-electron chi connectivity index (χ0n) is 11.1. The van der Waals surface area contributed by atoms with E-state index in [1.165, 1.54) is 0 Å². The van der Waals surface area contributed by atoms with E-state index in [4.69, 9.17) is 0 Å². The molecular weight excluding hydrogens is 292 g/mol. The lowest BCUT2D eigenvalue weighted by Gasteiger charge is -2.07. The molecule has 0 aromatic carbocycles. The van der Waals surface area contributed by atoms with Crippen molar-refractivity contribution in [2.75, 3.05) is 17.6 Å². The van der Waals surface area contributed by atoms with Crippen LogP contribution < -0.4 is 10.6 Å². The Labute approximate surface area is 126 Å². The molecule has 2 aromatic heterocycles. The summed E-state index contributed by atoms with van der Waals surface area (Å²) < 4.78 is 0. The van der Waals surface area contributed by atoms with Crippen molar-refractivity contribution in [3.63, 3.8) is 0 Å². The molecule has 5 nitrogen and oxygen atoms in total. The highest BCUT2D eigenvalue weighted by molar-refractivity contribution is 7.99. The normalized spacial score (nSPS) is 10.2. The Kier molecular flexibility index (Phi) is 5.82. The number of pyridine rings is 1. The van der Waals surface area contributed by atoms with Crippen LogP contribution in [-0.2, 0) is 6.42 Å². The molecule has 0 aliphatic rings. The molecule has 0 aliphatic heterocycles. The Balaban J connectivity index is 1.73. The summed E-state index contributed by atoms with van der Waals surface area (Å²) in [5, 5.41) is 8.48. The van der Waals surface area contributed by atoms with Crippen LogP contribution in [0.4, 0.5) is 10.5 Å². The van der Waals surface area contributed by atoms with Gasteiger partial charge in [-0.2, -0.15) is 0 Å². The molecule has 7 heteroatoms. The number of urea groups is 1. The largest absolute Gasteiger partial charge is 0.337 e. The molecule has 0 spiro atoms. The summed E-state index contributed by atoms with van der Waals surface area (Å²) in [6, 6.07) is 3.53. The maximum atomic E-state index is 11.7. The number of thiazole rings is 1. The van der Waals surface area contributed by atoms with Crippen LogP contribution in [0.1, 0.15) is 12.6 Å². The number of aromatic nitrogens is 2. The van der Waals surface area contributed by atoms with Gasteiger partial charge in [0.1, 0.15) is 0 Å². The highest BCUT2D eigenvalue weighted by Crippen LogP contribution is 2.16. The number of carbonyl (C=O) groups excluding carboxylic acids is 1. The molecule has 0 bridgehead atoms. The molecule has 0 saturated carbocycles. The molecule has 20 heavy (non-hydrogen) atoms. The predicted molar refractivity (Wildman–Crippen MR) is 83.5 cm³/mol. The molecule has 0 atom stereocenters. The van der Waals surface area contributed by atoms with Gasteiger partial charge in [-0.3, -0.25) is 0 Å². The van der Waals surface area contributed by atoms with Crippen molar-refractivity contribution in [2.24, 2.45) is 0 Å². The van der Waals surface area contributed by atoms with Gasteiger partial charge in [0, 0.05) is 18.3 Å². The smallest absolute Gasteiger partial charge is 0.319 e. The average Bonchev–Trinajstić information content (AvgIpc) is 2.94. The molecule has 2 rings (SSSR count). The number of hydrogen-bond acceptors (Lipinski definition) is 5. The van der Waals surface area contributed by atoms with Crippen LogP contribution in [-0.4, -0.2) is 28.3 Å². The van der Waals surface area contributed by atoms with Crippen LogP contribution >= 0.6 is 23.1 Å². The molecule has 2 N–H and O–H groups in total. The van der Waals surface area contributed by atoms with Crippen molar-refractivity contribution in [2.45, 2.75) is 18.4 Å². The summed E-state index contributed by atoms with van der Waals surface area (Å²) >= 11 is 3.23. The number of rotatable bonds is 6. The zero-order chi connectivity index (χ0) is 14.2. The molecule has 0 aliphatic carbocycles. The zero-order valence-corrected chi connectivity index (χ0v) is 12.8. The van der Waals surface area contributed by atoms with E-state index in [0.29, 0.717) is 12.2 Å². The fraction of sp³-hybridized carbons (Fsp3) is 0.308. The molecule has 0 radical (unpaired) electrons. The van der Waals surface area contributed by atoms with Gasteiger partial charge < -0.3 is 10.6 Å². The summed E-state index contributed by atoms with van der Waals surface area (Å²) in [5.41, 5.74) is 3.48. The van der Waals surface area contributed by atoms with Crippen molar-refractivity contribution < 1.29 is 4.79 Å². The van der Waals surface area contributed by atoms with Crippen LogP contribution in [0.25, 0.3) is 0 Å². The molecule has 2 aromatic rings. The van der Waals surface area contributed by atoms with Gasteiger partial charge >= 0.3 is 6.03 Å². The Morgan fingerprint density at radius 1 is 1.40 bits per heavy atom. The molecule has 0 unspecified atom stereocenters. The first-order valence-corrected chi connectivity index (χ1v) is 8.21. The van der Waals surface area contributed by atoms with Crippen molar-refractivity contribution in [1.29, 1.82) is 0 Å². The van der Waals surface area contributed by atoms with Crippen molar-refractivity contribution in [3.8, 4) is 0 Å². The van der Waals surface area contributed by atoms with Gasteiger partial charge in [0.25, 0.3) is 0 Å². The monoisotopic (exact) mass is 308 g/mol. The lowest BCUT2D eigenvalue weighted by molar-refractivity contribution is 0.252. The summed E-state index contributed by atoms with van der Waals surface area (Å²) in [6.07, 6.45) is 2.40. The van der Waals surface area contributed by atoms with E-state index in [2.05, 4.69) is 27.5 Å². The Bertz CT molecular complexity index is 528. The van der Waals surface area contributed by atoms with E-state index in [-0.39, 0.29) is 6.03 Å². The van der Waals surface area contributed by atoms with Gasteiger partial charge in [0.15, 0.2) is 0 Å². The highest BCUT2D eigenvalue weighted by Gasteiger charge is 2.02. The van der Waals surface area contributed by atoms with E-state index in [9.17, 15) is 4.79 Å². The third-order valence-electron chi connectivity index (χ3n) is 2.44. The Morgan fingerprint density at radius 2 is 2.30 bits per heavy atom. The molecule has 2 amide bonds. The van der Waals surface area contributed by atoms with E-state index in [1.807, 2.05) is 17.5 Å². The second-order valence-corrected chi connectivity index (χ2v) is 5.93. The first-order chi connectivity index (χ1) is 9.78. The van der Waals surface area contributed by atoms with Crippen LogP contribution in [0.5, 0.6) is 0 Å². The van der Waals surface area contributed by atoms with Crippen LogP contribution in [0.2, 0.25) is 0 Å². The third kappa shape index (κ3) is 4.82. The van der Waals surface area contributed by atoms with Crippen LogP contribution in [0, 0.1) is 0 Å². The Hall–Kier alpha value is -1.60. The second-order valence-electron chi connectivity index (χ2n) is 3.93. The van der Waals surface area contributed by atoms with Gasteiger partial charge in [0.2, 0.25) is 0 Å². The number of thioether (sulfide) groups is 1. The maximum absolute atomic E-state index is 11.7. The number of nitrogens with zero attached hydrogens (tertiary/aromatic N) is 2. The van der Waals surface area contributed by atoms with E-state index >= 15 is 0 Å². The molecule has 0 saturated heterocycles. The predicted octanol–water partition coefficient (Wildman–Crippen LogP) is 3.01. The minimum Gasteiger partial charge on any atom is -0.337 e. The fourth-order valence-corrected chi connectivity index (χ4v) is 2.71. The quantitative estimate of drug-likeness (QED) is 0.805. The first-order valence-electron chi connectivity index (χ1n) is 6.28. The topological polar surface area (TPSA) is 66.9 Å². The molecule has 106 valence electrons. The van der Waals surface area contributed by atoms with Gasteiger partial charge in [-0.25, -0.2) is 14.8 Å². The third-order valence-corrected chi connectivity index (χ3v) is 3.90. The van der Waals surface area contributed by atoms with Gasteiger partial charge in [0.05, 0.1) is 28.1 Å². The second kappa shape index (κ2) is 7.86. The highest BCUT2D eigenvalue weighted by atomic mass is 32.2. The lowest BCUT2D eigenvalue weighted by Crippen LogP contribution is -2.30. The summed E-state index contributed by atoms with van der Waals surface area (Å²) in [7, 11) is 0. The van der Waals surface area contributed by atoms with E-state index in [0.717, 1.165) is 22.9 Å². The number of nitrogens with one attached hydrogen (secondary N) is 2. The fourth-order valence-electron chi connectivity index (χ4n) is 1.53. The van der Waals surface area contributed by atoms with Crippen molar-refractivity contribution in [1.82, 2.24) is 15.3 Å². The summed E-state index contributed by atoms with van der Waals surface area (Å²) in [5.74, 6) is 0.983. The van der Waals surface area contributed by atoms with Crippen LogP contribution in [0.3, 0.4) is 0 Å². The molecule has 2 heterocycles. The number of hydrogen-bond donors (Lipinski definition) is 2. The standard InChI is InChI=1S/C13H16N4OS2/c1-2-20-12-4-3-10(7-15-12)17-13(18)14-6-5-11-8-19-9-16-11/h3-4,7-9H,2,5-6H2,1H3,(H2,14,17,18). The van der Waals surface area contributed by atoms with Gasteiger partial charge in [-0.1, -0.05) is 6.92 Å². The maximum Gasteiger partial charge on any atom is 0.319 e. The van der Waals surface area contributed by atoms with Gasteiger partial charge in [-0.05, 0) is 17.9 Å². The lowest BCUT2D eigenvalue weighted by atomic mass is 10.3. The van der Waals surface area contributed by atoms with E-state index < -0.39 is 0 Å². The Morgan fingerprint density at radius 3 is 2.95 bits per heavy atom. The van der Waals surface area contributed by atoms with Crippen molar-refractivity contribution >= 4 is 34.8 Å². The van der Waals surface area contributed by atoms with E-state index in [1.54, 1.807) is 34.8 Å². The first kappa shape index (κ1) is 14.8. The van der Waals surface area contributed by atoms with Crippen molar-refractivity contribution in [3.05, 3.63) is 34.9 Å². The minimum atomic E-state index is -0.224.